The summed E-state index contributed by atoms with van der Waals surface area (Å²) in [6.45, 7) is 5.38. The molecule has 1 heterocycles. The van der Waals surface area contributed by atoms with Crippen LogP contribution in [0.2, 0.25) is 0 Å². The number of carbonyl (C=O) groups excluding carboxylic acids is 1. The minimum atomic E-state index is -3.54. The molecule has 1 fully saturated rings. The lowest BCUT2D eigenvalue weighted by Gasteiger charge is -2.33. The zero-order valence-electron chi connectivity index (χ0n) is 16.2. The van der Waals surface area contributed by atoms with Crippen molar-refractivity contribution in [1.82, 2.24) is 9.21 Å². The van der Waals surface area contributed by atoms with Crippen molar-refractivity contribution < 1.29 is 17.6 Å². The van der Waals surface area contributed by atoms with Crippen molar-refractivity contribution in [3.05, 3.63) is 66.0 Å². The number of hydrogen-bond acceptors (Lipinski definition) is 4. The van der Waals surface area contributed by atoms with Crippen molar-refractivity contribution in [2.75, 3.05) is 38.0 Å². The molecule has 1 amide bonds. The molecule has 1 N–H and O–H groups in total. The Morgan fingerprint density at radius 3 is 2.24 bits per heavy atom. The summed E-state index contributed by atoms with van der Waals surface area (Å²) in [5.41, 5.74) is 1.19. The molecule has 3 rings (SSSR count). The normalized spacial score (nSPS) is 16.2. The van der Waals surface area contributed by atoms with E-state index < -0.39 is 10.0 Å². The molecular formula is C21H24FN3O3S. The Morgan fingerprint density at radius 2 is 1.66 bits per heavy atom. The summed E-state index contributed by atoms with van der Waals surface area (Å²) in [7, 11) is -3.54. The minimum absolute atomic E-state index is 0.210. The van der Waals surface area contributed by atoms with E-state index >= 15 is 0 Å². The molecule has 29 heavy (non-hydrogen) atoms. The van der Waals surface area contributed by atoms with Gasteiger partial charge in [-0.2, -0.15) is 4.31 Å². The maximum absolute atomic E-state index is 12.9. The van der Waals surface area contributed by atoms with E-state index in [9.17, 15) is 17.6 Å². The second-order valence-electron chi connectivity index (χ2n) is 6.74. The number of halogens is 1. The van der Waals surface area contributed by atoms with Crippen LogP contribution in [-0.2, 0) is 14.8 Å². The zero-order chi connectivity index (χ0) is 20.9. The van der Waals surface area contributed by atoms with E-state index in [1.165, 1.54) is 34.6 Å². The molecule has 0 atom stereocenters. The molecule has 2 aromatic carbocycles. The van der Waals surface area contributed by atoms with E-state index in [1.54, 1.807) is 30.3 Å². The first-order valence-corrected chi connectivity index (χ1v) is 10.9. The summed E-state index contributed by atoms with van der Waals surface area (Å²) in [4.78, 5) is 14.5. The average Bonchev–Trinajstić information content (AvgIpc) is 2.74. The Morgan fingerprint density at radius 1 is 1.03 bits per heavy atom. The van der Waals surface area contributed by atoms with E-state index in [0.717, 1.165) is 19.6 Å². The predicted octanol–water partition coefficient (Wildman–Crippen LogP) is 2.80. The third-order valence-electron chi connectivity index (χ3n) is 4.84. The number of carbonyl (C=O) groups is 1. The highest BCUT2D eigenvalue weighted by Crippen LogP contribution is 2.20. The highest BCUT2D eigenvalue weighted by atomic mass is 32.2. The molecule has 0 bridgehead atoms. The van der Waals surface area contributed by atoms with Gasteiger partial charge in [0, 0.05) is 37.9 Å². The Hall–Kier alpha value is -2.55. The van der Waals surface area contributed by atoms with Gasteiger partial charge in [-0.15, -0.1) is 0 Å². The first kappa shape index (κ1) is 21.2. The van der Waals surface area contributed by atoms with Crippen LogP contribution < -0.4 is 5.32 Å². The highest BCUT2D eigenvalue weighted by Gasteiger charge is 2.27. The third kappa shape index (κ3) is 5.50. The van der Waals surface area contributed by atoms with Crippen LogP contribution in [0, 0.1) is 5.82 Å². The molecular weight excluding hydrogens is 393 g/mol. The topological polar surface area (TPSA) is 69.7 Å². The van der Waals surface area contributed by atoms with Crippen LogP contribution in [0.5, 0.6) is 0 Å². The standard InChI is InChI=1S/C21H24FN3O3S/c1-2-24-13-15-25(16-14-24)29(27,28)20-10-8-19(9-11-20)23-21(26)12-5-17-3-6-18(22)7-4-17/h3-12H,2,13-16H2,1H3,(H,23,26)/b12-5+. The van der Waals surface area contributed by atoms with Crippen molar-refractivity contribution in [3.8, 4) is 0 Å². The summed E-state index contributed by atoms with van der Waals surface area (Å²) >= 11 is 0. The van der Waals surface area contributed by atoms with E-state index in [1.807, 2.05) is 0 Å². The highest BCUT2D eigenvalue weighted by molar-refractivity contribution is 7.89. The van der Waals surface area contributed by atoms with E-state index in [0.29, 0.717) is 24.3 Å². The molecule has 1 saturated heterocycles. The van der Waals surface area contributed by atoms with Gasteiger partial charge >= 0.3 is 0 Å². The van der Waals surface area contributed by atoms with Crippen LogP contribution in [-0.4, -0.2) is 56.3 Å². The first-order chi connectivity index (χ1) is 13.9. The minimum Gasteiger partial charge on any atom is -0.323 e. The number of amides is 1. The quantitative estimate of drug-likeness (QED) is 0.734. The van der Waals surface area contributed by atoms with Gasteiger partial charge < -0.3 is 10.2 Å². The molecule has 8 heteroatoms. The van der Waals surface area contributed by atoms with Crippen molar-refractivity contribution in [3.63, 3.8) is 0 Å². The van der Waals surface area contributed by atoms with E-state index in [2.05, 4.69) is 17.1 Å². The fraction of sp³-hybridized carbons (Fsp3) is 0.286. The smallest absolute Gasteiger partial charge is 0.248 e. The number of nitrogens with zero attached hydrogens (tertiary/aromatic N) is 2. The molecule has 154 valence electrons. The number of sulfonamides is 1. The SMILES string of the molecule is CCN1CCN(S(=O)(=O)c2ccc(NC(=O)/C=C/c3ccc(F)cc3)cc2)CC1. The number of hydrogen-bond donors (Lipinski definition) is 1. The summed E-state index contributed by atoms with van der Waals surface area (Å²) in [6.07, 6.45) is 2.91. The summed E-state index contributed by atoms with van der Waals surface area (Å²) < 4.78 is 40.0. The Labute approximate surface area is 170 Å². The van der Waals surface area contributed by atoms with Crippen molar-refractivity contribution >= 4 is 27.7 Å². The third-order valence-corrected chi connectivity index (χ3v) is 6.75. The maximum Gasteiger partial charge on any atom is 0.248 e. The molecule has 0 saturated carbocycles. The van der Waals surface area contributed by atoms with Crippen LogP contribution in [0.3, 0.4) is 0 Å². The van der Waals surface area contributed by atoms with Crippen LogP contribution >= 0.6 is 0 Å². The Kier molecular flexibility index (Phi) is 6.79. The van der Waals surface area contributed by atoms with Gasteiger partial charge in [0.05, 0.1) is 4.90 Å². The Balaban J connectivity index is 1.60. The van der Waals surface area contributed by atoms with Crippen molar-refractivity contribution in [2.24, 2.45) is 0 Å². The fourth-order valence-electron chi connectivity index (χ4n) is 3.08. The molecule has 2 aromatic rings. The second kappa shape index (κ2) is 9.30. The predicted molar refractivity (Wildman–Crippen MR) is 111 cm³/mol. The van der Waals surface area contributed by atoms with Crippen molar-refractivity contribution in [2.45, 2.75) is 11.8 Å². The summed E-state index contributed by atoms with van der Waals surface area (Å²) in [6, 6.07) is 11.9. The van der Waals surface area contributed by atoms with E-state index in [-0.39, 0.29) is 16.6 Å². The molecule has 1 aliphatic heterocycles. The lowest BCUT2D eigenvalue weighted by Crippen LogP contribution is -2.48. The maximum atomic E-state index is 12.9. The van der Waals surface area contributed by atoms with Gasteiger partial charge in [0.1, 0.15) is 5.82 Å². The van der Waals surface area contributed by atoms with Gasteiger partial charge in [-0.05, 0) is 54.6 Å². The van der Waals surface area contributed by atoms with Gasteiger partial charge in [-0.25, -0.2) is 12.8 Å². The second-order valence-corrected chi connectivity index (χ2v) is 8.67. The number of benzene rings is 2. The number of nitrogens with one attached hydrogen (secondary N) is 1. The van der Waals surface area contributed by atoms with Gasteiger partial charge in [-0.1, -0.05) is 19.1 Å². The van der Waals surface area contributed by atoms with Crippen LogP contribution in [0.25, 0.3) is 6.08 Å². The lowest BCUT2D eigenvalue weighted by atomic mass is 10.2. The molecule has 0 spiro atoms. The fourth-order valence-corrected chi connectivity index (χ4v) is 4.50. The lowest BCUT2D eigenvalue weighted by molar-refractivity contribution is -0.111. The Bertz CT molecular complexity index is 965. The van der Waals surface area contributed by atoms with Gasteiger partial charge in [0.15, 0.2) is 0 Å². The average molecular weight is 418 g/mol. The molecule has 6 nitrogen and oxygen atoms in total. The number of anilines is 1. The van der Waals surface area contributed by atoms with Gasteiger partial charge in [-0.3, -0.25) is 4.79 Å². The largest absolute Gasteiger partial charge is 0.323 e. The van der Waals surface area contributed by atoms with Crippen molar-refractivity contribution in [1.29, 1.82) is 0 Å². The molecule has 0 unspecified atom stereocenters. The van der Waals surface area contributed by atoms with Crippen LogP contribution in [0.15, 0.2) is 59.5 Å². The van der Waals surface area contributed by atoms with E-state index in [4.69, 9.17) is 0 Å². The number of piperazine rings is 1. The molecule has 0 radical (unpaired) electrons. The number of likely N-dealkylation sites (N-methyl/N-ethyl adjacent to an activating group) is 1. The molecule has 1 aliphatic rings. The summed E-state index contributed by atoms with van der Waals surface area (Å²) in [5.74, 6) is -0.700. The van der Waals surface area contributed by atoms with Crippen LogP contribution in [0.4, 0.5) is 10.1 Å². The first-order valence-electron chi connectivity index (χ1n) is 9.45. The monoisotopic (exact) mass is 417 g/mol. The van der Waals surface area contributed by atoms with Gasteiger partial charge in [0.25, 0.3) is 0 Å². The number of rotatable bonds is 6. The summed E-state index contributed by atoms with van der Waals surface area (Å²) in [5, 5.41) is 2.68. The zero-order valence-corrected chi connectivity index (χ0v) is 17.0. The molecule has 0 aliphatic carbocycles. The molecule has 0 aromatic heterocycles. The van der Waals surface area contributed by atoms with Crippen LogP contribution in [0.1, 0.15) is 12.5 Å². The van der Waals surface area contributed by atoms with Gasteiger partial charge in [0.2, 0.25) is 15.9 Å².